The van der Waals surface area contributed by atoms with Crippen molar-refractivity contribution in [2.75, 3.05) is 5.32 Å². The van der Waals surface area contributed by atoms with Crippen molar-refractivity contribution in [2.45, 2.75) is 51.3 Å². The molecule has 6 nitrogen and oxygen atoms in total. The van der Waals surface area contributed by atoms with Gasteiger partial charge >= 0.3 is 6.03 Å². The SMILES string of the molecule is CC1Oc2ccc(CNC(=O)NC3CCCC3)cc2NC1=O. The van der Waals surface area contributed by atoms with Gasteiger partial charge < -0.3 is 20.7 Å². The van der Waals surface area contributed by atoms with Gasteiger partial charge in [-0.25, -0.2) is 4.79 Å². The van der Waals surface area contributed by atoms with Crippen molar-refractivity contribution >= 4 is 17.6 Å². The Balaban J connectivity index is 1.56. The van der Waals surface area contributed by atoms with Crippen molar-refractivity contribution in [1.82, 2.24) is 10.6 Å². The summed E-state index contributed by atoms with van der Waals surface area (Å²) in [4.78, 5) is 23.5. The normalized spacial score (nSPS) is 20.8. The van der Waals surface area contributed by atoms with Crippen molar-refractivity contribution in [3.05, 3.63) is 23.8 Å². The van der Waals surface area contributed by atoms with E-state index in [0.29, 0.717) is 24.0 Å². The number of carbonyl (C=O) groups is 2. The number of fused-ring (bicyclic) bond motifs is 1. The van der Waals surface area contributed by atoms with Crippen molar-refractivity contribution in [2.24, 2.45) is 0 Å². The van der Waals surface area contributed by atoms with Crippen LogP contribution in [0.15, 0.2) is 18.2 Å². The number of hydrogen-bond acceptors (Lipinski definition) is 3. The molecule has 118 valence electrons. The maximum atomic E-state index is 11.8. The second-order valence-corrected chi connectivity index (χ2v) is 5.89. The minimum absolute atomic E-state index is 0.140. The lowest BCUT2D eigenvalue weighted by Crippen LogP contribution is -2.40. The minimum Gasteiger partial charge on any atom is -0.479 e. The van der Waals surface area contributed by atoms with Gasteiger partial charge in [-0.1, -0.05) is 18.9 Å². The lowest BCUT2D eigenvalue weighted by Gasteiger charge is -2.23. The van der Waals surface area contributed by atoms with E-state index >= 15 is 0 Å². The van der Waals surface area contributed by atoms with Gasteiger partial charge in [0, 0.05) is 12.6 Å². The molecule has 6 heteroatoms. The number of carbonyl (C=O) groups excluding carboxylic acids is 2. The summed E-state index contributed by atoms with van der Waals surface area (Å²) in [5.41, 5.74) is 1.57. The first-order valence-corrected chi connectivity index (χ1v) is 7.76. The molecule has 3 rings (SSSR count). The monoisotopic (exact) mass is 303 g/mol. The summed E-state index contributed by atoms with van der Waals surface area (Å²) in [6.45, 7) is 2.12. The van der Waals surface area contributed by atoms with Crippen LogP contribution in [0.1, 0.15) is 38.2 Å². The van der Waals surface area contributed by atoms with Crippen LogP contribution in [-0.2, 0) is 11.3 Å². The molecule has 1 heterocycles. The van der Waals surface area contributed by atoms with Crippen LogP contribution in [0.5, 0.6) is 5.75 Å². The summed E-state index contributed by atoms with van der Waals surface area (Å²) < 4.78 is 5.50. The fourth-order valence-electron chi connectivity index (χ4n) is 2.85. The van der Waals surface area contributed by atoms with Crippen LogP contribution in [0.3, 0.4) is 0 Å². The van der Waals surface area contributed by atoms with Crippen LogP contribution in [-0.4, -0.2) is 24.1 Å². The quantitative estimate of drug-likeness (QED) is 0.800. The predicted octanol–water partition coefficient (Wildman–Crippen LogP) is 2.15. The van der Waals surface area contributed by atoms with Crippen LogP contribution < -0.4 is 20.7 Å². The Labute approximate surface area is 129 Å². The highest BCUT2D eigenvalue weighted by molar-refractivity contribution is 5.97. The van der Waals surface area contributed by atoms with E-state index in [0.717, 1.165) is 18.4 Å². The fourth-order valence-corrected chi connectivity index (χ4v) is 2.85. The first kappa shape index (κ1) is 14.7. The molecule has 1 aromatic rings. The molecular weight excluding hydrogens is 282 g/mol. The molecule has 1 fully saturated rings. The number of anilines is 1. The van der Waals surface area contributed by atoms with E-state index in [1.165, 1.54) is 12.8 Å². The first-order chi connectivity index (χ1) is 10.6. The third-order valence-corrected chi connectivity index (χ3v) is 4.12. The first-order valence-electron chi connectivity index (χ1n) is 7.76. The van der Waals surface area contributed by atoms with Crippen LogP contribution in [0, 0.1) is 0 Å². The summed E-state index contributed by atoms with van der Waals surface area (Å²) in [6.07, 6.45) is 4.03. The number of benzene rings is 1. The van der Waals surface area contributed by atoms with Gasteiger partial charge in [0.1, 0.15) is 5.75 Å². The van der Waals surface area contributed by atoms with Gasteiger partial charge in [0.25, 0.3) is 5.91 Å². The Kier molecular flexibility index (Phi) is 4.18. The molecule has 22 heavy (non-hydrogen) atoms. The average Bonchev–Trinajstić information content (AvgIpc) is 2.99. The van der Waals surface area contributed by atoms with E-state index in [4.69, 9.17) is 4.74 Å². The largest absolute Gasteiger partial charge is 0.479 e. The number of amides is 3. The van der Waals surface area contributed by atoms with Gasteiger partial charge in [0.05, 0.1) is 5.69 Å². The molecule has 3 N–H and O–H groups in total. The smallest absolute Gasteiger partial charge is 0.315 e. The van der Waals surface area contributed by atoms with Crippen molar-refractivity contribution in [1.29, 1.82) is 0 Å². The van der Waals surface area contributed by atoms with Gasteiger partial charge in [0.15, 0.2) is 6.10 Å². The molecular formula is C16H21N3O3. The average molecular weight is 303 g/mol. The summed E-state index contributed by atoms with van der Waals surface area (Å²) >= 11 is 0. The second kappa shape index (κ2) is 6.25. The van der Waals surface area contributed by atoms with E-state index in [-0.39, 0.29) is 11.9 Å². The number of urea groups is 1. The van der Waals surface area contributed by atoms with Gasteiger partial charge in [-0.15, -0.1) is 0 Å². The van der Waals surface area contributed by atoms with E-state index in [1.54, 1.807) is 6.92 Å². The number of nitrogens with one attached hydrogen (secondary N) is 3. The molecule has 1 saturated carbocycles. The molecule has 3 amide bonds. The molecule has 2 aliphatic rings. The molecule has 1 atom stereocenters. The van der Waals surface area contributed by atoms with Crippen LogP contribution in [0.2, 0.25) is 0 Å². The van der Waals surface area contributed by atoms with E-state index in [9.17, 15) is 9.59 Å². The summed E-state index contributed by atoms with van der Waals surface area (Å²) in [6, 6.07) is 5.70. The molecule has 0 spiro atoms. The maximum Gasteiger partial charge on any atom is 0.315 e. The highest BCUT2D eigenvalue weighted by Gasteiger charge is 2.23. The Hall–Kier alpha value is -2.24. The van der Waals surface area contributed by atoms with Crippen LogP contribution in [0.4, 0.5) is 10.5 Å². The Morgan fingerprint density at radius 2 is 2.14 bits per heavy atom. The Morgan fingerprint density at radius 1 is 1.36 bits per heavy atom. The van der Waals surface area contributed by atoms with Gasteiger partial charge in [-0.2, -0.15) is 0 Å². The van der Waals surface area contributed by atoms with Gasteiger partial charge in [-0.3, -0.25) is 4.79 Å². The van der Waals surface area contributed by atoms with Gasteiger partial charge in [0.2, 0.25) is 0 Å². The standard InChI is InChI=1S/C16H21N3O3/c1-10-15(20)19-13-8-11(6-7-14(13)22-10)9-17-16(21)18-12-4-2-3-5-12/h6-8,10,12H,2-5,9H2,1H3,(H,19,20)(H2,17,18,21). The topological polar surface area (TPSA) is 79.5 Å². The second-order valence-electron chi connectivity index (χ2n) is 5.89. The summed E-state index contributed by atoms with van der Waals surface area (Å²) in [7, 11) is 0. The molecule has 0 bridgehead atoms. The zero-order valence-electron chi connectivity index (χ0n) is 12.6. The Bertz CT molecular complexity index is 582. The lowest BCUT2D eigenvalue weighted by molar-refractivity contribution is -0.122. The van der Waals surface area contributed by atoms with Crippen molar-refractivity contribution in [3.63, 3.8) is 0 Å². The number of hydrogen-bond donors (Lipinski definition) is 3. The van der Waals surface area contributed by atoms with Crippen LogP contribution in [0.25, 0.3) is 0 Å². The molecule has 1 aliphatic carbocycles. The van der Waals surface area contributed by atoms with E-state index in [1.807, 2.05) is 18.2 Å². The summed E-state index contributed by atoms with van der Waals surface area (Å²) in [5.74, 6) is 0.503. The third kappa shape index (κ3) is 3.32. The number of rotatable bonds is 3. The zero-order chi connectivity index (χ0) is 15.5. The van der Waals surface area contributed by atoms with Gasteiger partial charge in [-0.05, 0) is 37.5 Å². The highest BCUT2D eigenvalue weighted by Crippen LogP contribution is 2.30. The summed E-state index contributed by atoms with van der Waals surface area (Å²) in [5, 5.41) is 8.63. The van der Waals surface area contributed by atoms with E-state index < -0.39 is 6.10 Å². The lowest BCUT2D eigenvalue weighted by atomic mass is 10.1. The Morgan fingerprint density at radius 3 is 2.91 bits per heavy atom. The molecule has 1 unspecified atom stereocenters. The minimum atomic E-state index is -0.478. The number of ether oxygens (including phenoxy) is 1. The molecule has 1 aromatic carbocycles. The molecule has 0 radical (unpaired) electrons. The van der Waals surface area contributed by atoms with E-state index in [2.05, 4.69) is 16.0 Å². The zero-order valence-corrected chi connectivity index (χ0v) is 12.6. The van der Waals surface area contributed by atoms with Crippen molar-refractivity contribution in [3.8, 4) is 5.75 Å². The van der Waals surface area contributed by atoms with Crippen LogP contribution >= 0.6 is 0 Å². The molecule has 1 aliphatic heterocycles. The highest BCUT2D eigenvalue weighted by atomic mass is 16.5. The maximum absolute atomic E-state index is 11.8. The molecule has 0 aromatic heterocycles. The van der Waals surface area contributed by atoms with Crippen molar-refractivity contribution < 1.29 is 14.3 Å². The molecule has 0 saturated heterocycles. The predicted molar refractivity (Wildman–Crippen MR) is 82.8 cm³/mol. The third-order valence-electron chi connectivity index (χ3n) is 4.12. The fraction of sp³-hybridized carbons (Fsp3) is 0.500.